The fourth-order valence-electron chi connectivity index (χ4n) is 12.6. The number of aromatic nitrogens is 1. The predicted octanol–water partition coefficient (Wildman–Crippen LogP) is 15.3. The molecule has 2 heterocycles. The minimum atomic E-state index is -2.71. The van der Waals surface area contributed by atoms with Gasteiger partial charge in [-0.2, -0.15) is 0 Å². The Morgan fingerprint density at radius 1 is 0.333 bits per heavy atom. The third-order valence-electron chi connectivity index (χ3n) is 15.9. The summed E-state index contributed by atoms with van der Waals surface area (Å²) in [5, 5.41) is 8.21. The van der Waals surface area contributed by atoms with Crippen molar-refractivity contribution in [2.24, 2.45) is 0 Å². The highest BCUT2D eigenvalue weighted by molar-refractivity contribution is 7.22. The maximum absolute atomic E-state index is 2.71. The standard InChI is InChI=1S/C69H50N2Si/c1-69(2)63-31-14-9-26-56(63)57-43-41-52(46-64(57)69)70(49-36-38-50(39-37-49)71-65-32-15-10-27-58(65)59-28-11-16-33-66(59)71)51-40-42-55(62(45-51)47-20-5-3-6-21-47)48-22-19-25-54(44-48)72(53-23-7-4-8-24-53)67-34-17-12-29-60(67)61-30-13-18-35-68(61)72/h3-46H,1-2H3. The molecule has 2 aliphatic rings. The molecule has 0 fully saturated rings. The van der Waals surface area contributed by atoms with E-state index in [1.54, 1.807) is 0 Å². The van der Waals surface area contributed by atoms with Gasteiger partial charge in [-0.25, -0.2) is 0 Å². The van der Waals surface area contributed by atoms with E-state index in [1.165, 1.54) is 98.2 Å². The molecule has 2 nitrogen and oxygen atoms in total. The summed E-state index contributed by atoms with van der Waals surface area (Å²) in [5.74, 6) is 0. The van der Waals surface area contributed by atoms with Crippen LogP contribution in [0.15, 0.2) is 267 Å². The number of hydrogen-bond acceptors (Lipinski definition) is 1. The summed E-state index contributed by atoms with van der Waals surface area (Å²) < 4.78 is 2.40. The van der Waals surface area contributed by atoms with Crippen molar-refractivity contribution in [3.05, 3.63) is 278 Å². The smallest absolute Gasteiger partial charge is 0.180 e. The average molecular weight is 935 g/mol. The number of para-hydroxylation sites is 2. The van der Waals surface area contributed by atoms with Crippen LogP contribution in [0.3, 0.4) is 0 Å². The van der Waals surface area contributed by atoms with Crippen LogP contribution in [-0.4, -0.2) is 12.6 Å². The van der Waals surface area contributed by atoms with Crippen molar-refractivity contribution < 1.29 is 0 Å². The van der Waals surface area contributed by atoms with Gasteiger partial charge in [-0.3, -0.25) is 0 Å². The highest BCUT2D eigenvalue weighted by atomic mass is 28.3. The highest BCUT2D eigenvalue weighted by Crippen LogP contribution is 2.51. The molecule has 1 aliphatic carbocycles. The van der Waals surface area contributed by atoms with E-state index in [-0.39, 0.29) is 5.41 Å². The van der Waals surface area contributed by atoms with Gasteiger partial charge in [0.15, 0.2) is 8.07 Å². The van der Waals surface area contributed by atoms with Crippen LogP contribution in [0.1, 0.15) is 25.0 Å². The lowest BCUT2D eigenvalue weighted by Gasteiger charge is -2.32. The molecule has 1 aromatic heterocycles. The van der Waals surface area contributed by atoms with Crippen molar-refractivity contribution in [3.63, 3.8) is 0 Å². The van der Waals surface area contributed by atoms with E-state index in [4.69, 9.17) is 0 Å². The summed E-state index contributed by atoms with van der Waals surface area (Å²) >= 11 is 0. The van der Waals surface area contributed by atoms with Crippen molar-refractivity contribution in [2.45, 2.75) is 19.3 Å². The van der Waals surface area contributed by atoms with Crippen LogP contribution < -0.4 is 25.6 Å². The van der Waals surface area contributed by atoms with Crippen molar-refractivity contribution >= 4 is 67.7 Å². The number of nitrogens with zero attached hydrogens (tertiary/aromatic N) is 2. The van der Waals surface area contributed by atoms with Crippen LogP contribution >= 0.6 is 0 Å². The molecule has 3 heteroatoms. The SMILES string of the molecule is CC1(C)c2ccccc2-c2ccc(N(c3ccc(-n4c5ccccc5c5ccccc54)cc3)c3ccc(-c4cccc([Si]5(c6ccccc6)c6ccccc6-c6ccccc65)c4)c(-c4ccccc4)c3)cc21. The number of benzene rings is 11. The molecule has 12 aromatic rings. The first kappa shape index (κ1) is 42.1. The first-order valence-electron chi connectivity index (χ1n) is 25.2. The fraction of sp³-hybridized carbons (Fsp3) is 0.0435. The zero-order valence-corrected chi connectivity index (χ0v) is 41.3. The molecule has 0 N–H and O–H groups in total. The molecule has 340 valence electrons. The second kappa shape index (κ2) is 16.4. The van der Waals surface area contributed by atoms with E-state index in [0.717, 1.165) is 22.7 Å². The second-order valence-corrected chi connectivity index (χ2v) is 23.7. The van der Waals surface area contributed by atoms with Crippen LogP contribution in [0.4, 0.5) is 17.1 Å². The Labute approximate surface area is 422 Å². The van der Waals surface area contributed by atoms with Gasteiger partial charge in [0, 0.05) is 38.9 Å². The predicted molar refractivity (Wildman–Crippen MR) is 307 cm³/mol. The van der Waals surface area contributed by atoms with Gasteiger partial charge >= 0.3 is 0 Å². The summed E-state index contributed by atoms with van der Waals surface area (Å²) in [4.78, 5) is 2.46. The highest BCUT2D eigenvalue weighted by Gasteiger charge is 2.48. The third-order valence-corrected chi connectivity index (χ3v) is 20.7. The lowest BCUT2D eigenvalue weighted by Crippen LogP contribution is -2.72. The monoisotopic (exact) mass is 934 g/mol. The third kappa shape index (κ3) is 6.27. The largest absolute Gasteiger partial charge is 0.310 e. The lowest BCUT2D eigenvalue weighted by molar-refractivity contribution is 0.660. The first-order chi connectivity index (χ1) is 35.5. The Hall–Kier alpha value is -8.76. The molecule has 0 unspecified atom stereocenters. The Bertz CT molecular complexity index is 3970. The molecular weight excluding hydrogens is 885 g/mol. The Balaban J connectivity index is 0.958. The van der Waals surface area contributed by atoms with Gasteiger partial charge in [0.05, 0.1) is 11.0 Å². The summed E-state index contributed by atoms with van der Waals surface area (Å²) in [6.07, 6.45) is 0. The van der Waals surface area contributed by atoms with E-state index >= 15 is 0 Å². The topological polar surface area (TPSA) is 8.17 Å². The van der Waals surface area contributed by atoms with Gasteiger partial charge in [0.25, 0.3) is 0 Å². The minimum Gasteiger partial charge on any atom is -0.310 e. The molecule has 0 spiro atoms. The van der Waals surface area contributed by atoms with E-state index < -0.39 is 8.07 Å². The average Bonchev–Trinajstić information content (AvgIpc) is 4.03. The molecule has 0 atom stereocenters. The maximum Gasteiger partial charge on any atom is 0.180 e. The van der Waals surface area contributed by atoms with E-state index in [9.17, 15) is 0 Å². The van der Waals surface area contributed by atoms with Gasteiger partial charge < -0.3 is 9.47 Å². The van der Waals surface area contributed by atoms with E-state index in [1.807, 2.05) is 0 Å². The van der Waals surface area contributed by atoms with Gasteiger partial charge in [-0.1, -0.05) is 220 Å². The normalized spacial score (nSPS) is 13.6. The zero-order chi connectivity index (χ0) is 48.0. The van der Waals surface area contributed by atoms with Crippen LogP contribution in [0, 0.1) is 0 Å². The van der Waals surface area contributed by atoms with Crippen LogP contribution in [0.25, 0.3) is 72.0 Å². The Morgan fingerprint density at radius 2 is 0.833 bits per heavy atom. The Kier molecular flexibility index (Phi) is 9.61. The minimum absolute atomic E-state index is 0.154. The summed E-state index contributed by atoms with van der Waals surface area (Å²) in [7, 11) is -2.71. The van der Waals surface area contributed by atoms with Crippen LogP contribution in [-0.2, 0) is 5.41 Å². The number of rotatable bonds is 8. The molecule has 14 rings (SSSR count). The second-order valence-electron chi connectivity index (χ2n) is 20.0. The number of hydrogen-bond donors (Lipinski definition) is 0. The summed E-state index contributed by atoms with van der Waals surface area (Å²) in [6.45, 7) is 4.74. The summed E-state index contributed by atoms with van der Waals surface area (Å²) in [5.41, 5.74) is 19.5. The van der Waals surface area contributed by atoms with Gasteiger partial charge in [-0.05, 0) is 137 Å². The number of anilines is 3. The fourth-order valence-corrected chi connectivity index (χ4v) is 17.9. The summed E-state index contributed by atoms with van der Waals surface area (Å²) in [6, 6.07) is 100.0. The van der Waals surface area contributed by atoms with Crippen molar-refractivity contribution in [1.29, 1.82) is 0 Å². The van der Waals surface area contributed by atoms with Gasteiger partial charge in [0.2, 0.25) is 0 Å². The van der Waals surface area contributed by atoms with Gasteiger partial charge in [0.1, 0.15) is 0 Å². The van der Waals surface area contributed by atoms with E-state index in [2.05, 4.69) is 290 Å². The molecule has 0 saturated carbocycles. The van der Waals surface area contributed by atoms with Crippen LogP contribution in [0.5, 0.6) is 0 Å². The molecule has 11 aromatic carbocycles. The van der Waals surface area contributed by atoms with Crippen molar-refractivity contribution in [1.82, 2.24) is 4.57 Å². The molecule has 0 radical (unpaired) electrons. The molecule has 0 amide bonds. The van der Waals surface area contributed by atoms with Crippen LogP contribution in [0.2, 0.25) is 0 Å². The zero-order valence-electron chi connectivity index (χ0n) is 40.3. The maximum atomic E-state index is 2.52. The quantitative estimate of drug-likeness (QED) is 0.138. The van der Waals surface area contributed by atoms with E-state index in [0.29, 0.717) is 0 Å². The van der Waals surface area contributed by atoms with Gasteiger partial charge in [-0.15, -0.1) is 0 Å². The first-order valence-corrected chi connectivity index (χ1v) is 27.2. The molecular formula is C69H50N2Si. The molecule has 1 aliphatic heterocycles. The van der Waals surface area contributed by atoms with Crippen molar-refractivity contribution in [3.8, 4) is 50.2 Å². The molecule has 72 heavy (non-hydrogen) atoms. The molecule has 0 saturated heterocycles. The number of fused-ring (bicyclic) bond motifs is 9. The Morgan fingerprint density at radius 3 is 1.51 bits per heavy atom. The lowest BCUT2D eigenvalue weighted by atomic mass is 9.82. The molecule has 0 bridgehead atoms. The van der Waals surface area contributed by atoms with Crippen molar-refractivity contribution in [2.75, 3.05) is 4.90 Å².